The minimum atomic E-state index is -0.777. The number of rotatable bonds is 6. The summed E-state index contributed by atoms with van der Waals surface area (Å²) >= 11 is 0. The van der Waals surface area contributed by atoms with Crippen molar-refractivity contribution in [3.8, 4) is 0 Å². The Balaban J connectivity index is 2.55. The van der Waals surface area contributed by atoms with Gasteiger partial charge in [0.05, 0.1) is 13.2 Å². The van der Waals surface area contributed by atoms with E-state index in [0.717, 1.165) is 19.5 Å². The van der Waals surface area contributed by atoms with E-state index in [1.807, 2.05) is 6.92 Å². The molecule has 0 aromatic heterocycles. The summed E-state index contributed by atoms with van der Waals surface area (Å²) in [5, 5.41) is 12.3. The van der Waals surface area contributed by atoms with Gasteiger partial charge in [0.1, 0.15) is 6.04 Å². The van der Waals surface area contributed by atoms with Crippen molar-refractivity contribution < 1.29 is 14.6 Å². The molecule has 100 valence electrons. The first-order valence-electron chi connectivity index (χ1n) is 6.26. The number of hydrogen-bond donors (Lipinski definition) is 2. The number of aliphatic carboxylic acids is 1. The average Bonchev–Trinajstić information content (AvgIpc) is 2.25. The van der Waals surface area contributed by atoms with Crippen molar-refractivity contribution >= 4 is 5.97 Å². The highest BCUT2D eigenvalue weighted by molar-refractivity contribution is 5.73. The Morgan fingerprint density at radius 2 is 2.29 bits per heavy atom. The van der Waals surface area contributed by atoms with E-state index in [2.05, 4.69) is 24.1 Å². The molecule has 0 radical (unpaired) electrons. The lowest BCUT2D eigenvalue weighted by atomic mass is 10.0. The molecule has 1 saturated heterocycles. The quantitative estimate of drug-likeness (QED) is 0.714. The van der Waals surface area contributed by atoms with Gasteiger partial charge in [-0.2, -0.15) is 0 Å². The van der Waals surface area contributed by atoms with Gasteiger partial charge in [-0.05, 0) is 26.8 Å². The van der Waals surface area contributed by atoms with E-state index in [1.165, 1.54) is 0 Å². The summed E-state index contributed by atoms with van der Waals surface area (Å²) in [6, 6.07) is -0.493. The molecule has 0 saturated carbocycles. The Kier molecular flexibility index (Phi) is 5.36. The van der Waals surface area contributed by atoms with E-state index in [4.69, 9.17) is 4.74 Å². The van der Waals surface area contributed by atoms with Crippen LogP contribution in [-0.2, 0) is 9.53 Å². The number of morpholine rings is 1. The number of carboxylic acids is 1. The van der Waals surface area contributed by atoms with Crippen molar-refractivity contribution in [3.05, 3.63) is 0 Å². The van der Waals surface area contributed by atoms with Gasteiger partial charge in [0.25, 0.3) is 0 Å². The van der Waals surface area contributed by atoms with Gasteiger partial charge in [0.15, 0.2) is 0 Å². The van der Waals surface area contributed by atoms with Crippen LogP contribution >= 0.6 is 0 Å². The lowest BCUT2D eigenvalue weighted by Crippen LogP contribution is -2.58. The highest BCUT2D eigenvalue weighted by atomic mass is 16.5. The third-order valence-corrected chi connectivity index (χ3v) is 3.16. The maximum atomic E-state index is 11.2. The Morgan fingerprint density at radius 1 is 1.59 bits per heavy atom. The lowest BCUT2D eigenvalue weighted by Gasteiger charge is -2.43. The molecule has 0 amide bonds. The van der Waals surface area contributed by atoms with Crippen LogP contribution in [0.25, 0.3) is 0 Å². The fraction of sp³-hybridized carbons (Fsp3) is 0.917. The maximum absolute atomic E-state index is 11.2. The van der Waals surface area contributed by atoms with Crippen LogP contribution in [0.3, 0.4) is 0 Å². The molecule has 0 aliphatic carbocycles. The minimum absolute atomic E-state index is 0.0835. The van der Waals surface area contributed by atoms with Gasteiger partial charge >= 0.3 is 5.97 Å². The second kappa shape index (κ2) is 6.33. The molecule has 0 bridgehead atoms. The third-order valence-electron chi connectivity index (χ3n) is 3.16. The molecular weight excluding hydrogens is 220 g/mol. The molecule has 2 N–H and O–H groups in total. The van der Waals surface area contributed by atoms with Crippen LogP contribution < -0.4 is 5.32 Å². The average molecular weight is 244 g/mol. The Labute approximate surface area is 103 Å². The molecule has 17 heavy (non-hydrogen) atoms. The first-order chi connectivity index (χ1) is 7.97. The van der Waals surface area contributed by atoms with Crippen molar-refractivity contribution in [2.75, 3.05) is 32.8 Å². The van der Waals surface area contributed by atoms with Crippen molar-refractivity contribution in [3.63, 3.8) is 0 Å². The molecule has 1 aliphatic rings. The third kappa shape index (κ3) is 4.26. The standard InChI is InChI=1S/C12H24N2O3/c1-4-5-13-10(11(15)16)8-14-6-7-17-9-12(14,2)3/h10,13H,4-9H2,1-3H3,(H,15,16). The van der Waals surface area contributed by atoms with Crippen molar-refractivity contribution in [1.29, 1.82) is 0 Å². The predicted octanol–water partition coefficient (Wildman–Crippen LogP) is 0.550. The van der Waals surface area contributed by atoms with Crippen LogP contribution in [0, 0.1) is 0 Å². The summed E-state index contributed by atoms with van der Waals surface area (Å²) in [5.74, 6) is -0.777. The normalized spacial score (nSPS) is 22.3. The minimum Gasteiger partial charge on any atom is -0.480 e. The molecule has 1 heterocycles. The highest BCUT2D eigenvalue weighted by Gasteiger charge is 2.33. The number of nitrogens with zero attached hydrogens (tertiary/aromatic N) is 1. The molecule has 1 fully saturated rings. The van der Waals surface area contributed by atoms with E-state index in [0.29, 0.717) is 19.8 Å². The predicted molar refractivity (Wildman–Crippen MR) is 66.2 cm³/mol. The van der Waals surface area contributed by atoms with Gasteiger partial charge in [-0.1, -0.05) is 6.92 Å². The summed E-state index contributed by atoms with van der Waals surface area (Å²) in [7, 11) is 0. The zero-order chi connectivity index (χ0) is 12.9. The topological polar surface area (TPSA) is 61.8 Å². The molecule has 1 aliphatic heterocycles. The van der Waals surface area contributed by atoms with Crippen molar-refractivity contribution in [1.82, 2.24) is 10.2 Å². The van der Waals surface area contributed by atoms with Crippen LogP contribution in [0.1, 0.15) is 27.2 Å². The smallest absolute Gasteiger partial charge is 0.322 e. The Bertz CT molecular complexity index is 256. The number of carbonyl (C=O) groups is 1. The van der Waals surface area contributed by atoms with Crippen molar-refractivity contribution in [2.45, 2.75) is 38.8 Å². The van der Waals surface area contributed by atoms with E-state index in [1.54, 1.807) is 0 Å². The molecule has 1 atom stereocenters. The van der Waals surface area contributed by atoms with Gasteiger partial charge in [-0.15, -0.1) is 0 Å². The summed E-state index contributed by atoms with van der Waals surface area (Å²) in [5.41, 5.74) is -0.0835. The summed E-state index contributed by atoms with van der Waals surface area (Å²) in [4.78, 5) is 13.4. The fourth-order valence-electron chi connectivity index (χ4n) is 2.00. The van der Waals surface area contributed by atoms with Gasteiger partial charge in [-0.25, -0.2) is 0 Å². The van der Waals surface area contributed by atoms with Gasteiger partial charge in [-0.3, -0.25) is 9.69 Å². The molecule has 5 heteroatoms. The van der Waals surface area contributed by atoms with Gasteiger partial charge in [0.2, 0.25) is 0 Å². The molecule has 0 aromatic rings. The second-order valence-corrected chi connectivity index (χ2v) is 5.16. The van der Waals surface area contributed by atoms with E-state index < -0.39 is 12.0 Å². The van der Waals surface area contributed by atoms with E-state index in [-0.39, 0.29) is 5.54 Å². The fourth-order valence-corrected chi connectivity index (χ4v) is 2.00. The molecule has 0 spiro atoms. The van der Waals surface area contributed by atoms with Crippen LogP contribution in [0.4, 0.5) is 0 Å². The maximum Gasteiger partial charge on any atom is 0.322 e. The van der Waals surface area contributed by atoms with Crippen LogP contribution in [0.15, 0.2) is 0 Å². The second-order valence-electron chi connectivity index (χ2n) is 5.16. The first-order valence-corrected chi connectivity index (χ1v) is 6.26. The summed E-state index contributed by atoms with van der Waals surface area (Å²) in [6.45, 7) is 9.62. The molecule has 1 rings (SSSR count). The Morgan fingerprint density at radius 3 is 2.82 bits per heavy atom. The zero-order valence-electron chi connectivity index (χ0n) is 11.0. The van der Waals surface area contributed by atoms with Gasteiger partial charge in [0, 0.05) is 18.6 Å². The SMILES string of the molecule is CCCNC(CN1CCOCC1(C)C)C(=O)O. The van der Waals surface area contributed by atoms with Crippen molar-refractivity contribution in [2.24, 2.45) is 0 Å². The van der Waals surface area contributed by atoms with E-state index in [9.17, 15) is 9.90 Å². The van der Waals surface area contributed by atoms with Crippen LogP contribution in [0.5, 0.6) is 0 Å². The van der Waals surface area contributed by atoms with Crippen LogP contribution in [-0.4, -0.2) is 60.4 Å². The summed E-state index contributed by atoms with van der Waals surface area (Å²) < 4.78 is 5.43. The monoisotopic (exact) mass is 244 g/mol. The Hall–Kier alpha value is -0.650. The largest absolute Gasteiger partial charge is 0.480 e. The lowest BCUT2D eigenvalue weighted by molar-refractivity contribution is -0.141. The van der Waals surface area contributed by atoms with Crippen LogP contribution in [0.2, 0.25) is 0 Å². The zero-order valence-corrected chi connectivity index (χ0v) is 11.0. The number of carboxylic acid groups (broad SMARTS) is 1. The molecule has 1 unspecified atom stereocenters. The molecular formula is C12H24N2O3. The first kappa shape index (κ1) is 14.4. The molecule has 5 nitrogen and oxygen atoms in total. The molecule has 0 aromatic carbocycles. The summed E-state index contributed by atoms with van der Waals surface area (Å²) in [6.07, 6.45) is 0.941. The highest BCUT2D eigenvalue weighted by Crippen LogP contribution is 2.18. The number of ether oxygens (including phenoxy) is 1. The number of nitrogens with one attached hydrogen (secondary N) is 1. The van der Waals surface area contributed by atoms with Gasteiger partial charge < -0.3 is 15.2 Å². The number of hydrogen-bond acceptors (Lipinski definition) is 4. The van der Waals surface area contributed by atoms with E-state index >= 15 is 0 Å².